The highest BCUT2D eigenvalue weighted by atomic mass is 16.3. The first kappa shape index (κ1) is 9.57. The van der Waals surface area contributed by atoms with Crippen LogP contribution in [-0.2, 0) is 5.11 Å². The molecule has 0 aromatic carbocycles. The molecule has 0 aliphatic rings. The van der Waals surface area contributed by atoms with E-state index in [-0.39, 0.29) is 11.6 Å². The van der Waals surface area contributed by atoms with E-state index in [4.69, 9.17) is 0 Å². The summed E-state index contributed by atoms with van der Waals surface area (Å²) in [5.74, 6) is -0.299. The third-order valence-electron chi connectivity index (χ3n) is 1.60. The number of unbranched alkanes of at least 4 members (excludes halogenated alkanes) is 1. The lowest BCUT2D eigenvalue weighted by atomic mass is 10.3. The molecule has 1 radical (unpaired) electrons. The van der Waals surface area contributed by atoms with Crippen molar-refractivity contribution >= 4 is 5.91 Å². The van der Waals surface area contributed by atoms with Crippen LogP contribution < -0.4 is 5.32 Å². The lowest BCUT2D eigenvalue weighted by Crippen LogP contribution is -2.24. The van der Waals surface area contributed by atoms with E-state index in [1.807, 2.05) is 6.92 Å². The van der Waals surface area contributed by atoms with E-state index >= 15 is 0 Å². The number of rotatable bonds is 4. The van der Waals surface area contributed by atoms with Gasteiger partial charge >= 0.3 is 6.01 Å². The third-order valence-corrected chi connectivity index (χ3v) is 1.60. The average Bonchev–Trinajstić information content (AvgIpc) is 2.52. The molecule has 5 heteroatoms. The van der Waals surface area contributed by atoms with Gasteiger partial charge in [0.1, 0.15) is 5.69 Å². The Balaban J connectivity index is 2.40. The van der Waals surface area contributed by atoms with Crippen LogP contribution in [0.1, 0.15) is 30.3 Å². The van der Waals surface area contributed by atoms with Crippen molar-refractivity contribution < 1.29 is 9.90 Å². The summed E-state index contributed by atoms with van der Waals surface area (Å²) in [6, 6.07) is -0.486. The second kappa shape index (κ2) is 4.49. The average molecular weight is 182 g/mol. The lowest BCUT2D eigenvalue weighted by molar-refractivity contribution is 0.0948. The summed E-state index contributed by atoms with van der Waals surface area (Å²) in [5.41, 5.74) is 0.154. The number of carbonyl (C=O) groups is 1. The van der Waals surface area contributed by atoms with Gasteiger partial charge in [-0.3, -0.25) is 4.79 Å². The fourth-order valence-corrected chi connectivity index (χ4v) is 0.890. The molecule has 0 aliphatic heterocycles. The van der Waals surface area contributed by atoms with Crippen molar-refractivity contribution in [1.29, 1.82) is 0 Å². The van der Waals surface area contributed by atoms with Gasteiger partial charge in [-0.15, -0.1) is 0 Å². The zero-order valence-corrected chi connectivity index (χ0v) is 7.46. The van der Waals surface area contributed by atoms with E-state index in [1.54, 1.807) is 0 Å². The molecule has 13 heavy (non-hydrogen) atoms. The Hall–Kier alpha value is -1.52. The van der Waals surface area contributed by atoms with Crippen molar-refractivity contribution in [2.45, 2.75) is 19.8 Å². The van der Waals surface area contributed by atoms with Gasteiger partial charge in [0.25, 0.3) is 5.91 Å². The molecular formula is C8H12N3O2. The van der Waals surface area contributed by atoms with Gasteiger partial charge in [0.2, 0.25) is 0 Å². The topological polar surface area (TPSA) is 77.7 Å². The molecule has 71 valence electrons. The zero-order valence-electron chi connectivity index (χ0n) is 7.46. The van der Waals surface area contributed by atoms with Crippen LogP contribution in [0.15, 0.2) is 6.20 Å². The van der Waals surface area contributed by atoms with Gasteiger partial charge in [0, 0.05) is 12.7 Å². The van der Waals surface area contributed by atoms with Crippen LogP contribution in [0.3, 0.4) is 0 Å². The van der Waals surface area contributed by atoms with Crippen molar-refractivity contribution in [2.24, 2.45) is 0 Å². The standard InChI is InChI=1S/C8H12N3O2/c1-2-3-4-9-7(12)6-5-10-8(13)11-6/h5H,2-4H2,1H3,(H,9,12)(H,10,11). The summed E-state index contributed by atoms with van der Waals surface area (Å²) >= 11 is 0. The predicted octanol–water partition coefficient (Wildman–Crippen LogP) is 1.08. The molecule has 1 amide bonds. The maximum Gasteiger partial charge on any atom is 0.345 e. The van der Waals surface area contributed by atoms with Crippen molar-refractivity contribution in [3.63, 3.8) is 0 Å². The molecule has 1 aromatic heterocycles. The number of aromatic nitrogens is 2. The molecule has 1 aromatic rings. The molecule has 0 aliphatic carbocycles. The molecule has 0 bridgehead atoms. The van der Waals surface area contributed by atoms with Gasteiger partial charge in [0.05, 0.1) is 0 Å². The number of carbonyl (C=O) groups excluding carboxylic acids is 1. The summed E-state index contributed by atoms with van der Waals surface area (Å²) in [6.07, 6.45) is 3.26. The number of imidazole rings is 1. The molecule has 1 rings (SSSR count). The highest BCUT2D eigenvalue weighted by Crippen LogP contribution is 2.02. The second-order valence-corrected chi connectivity index (χ2v) is 2.70. The van der Waals surface area contributed by atoms with Crippen LogP contribution in [0.4, 0.5) is 0 Å². The van der Waals surface area contributed by atoms with Crippen LogP contribution in [0, 0.1) is 0 Å². The van der Waals surface area contributed by atoms with Gasteiger partial charge < -0.3 is 10.3 Å². The first-order valence-electron chi connectivity index (χ1n) is 4.24. The van der Waals surface area contributed by atoms with Crippen molar-refractivity contribution in [1.82, 2.24) is 15.3 Å². The van der Waals surface area contributed by atoms with Crippen molar-refractivity contribution in [3.8, 4) is 6.01 Å². The highest BCUT2D eigenvalue weighted by Gasteiger charge is 2.08. The van der Waals surface area contributed by atoms with E-state index in [0.717, 1.165) is 12.8 Å². The number of hydrogen-bond acceptors (Lipinski definition) is 2. The number of hydrogen-bond donors (Lipinski definition) is 2. The number of aromatic amines is 1. The van der Waals surface area contributed by atoms with Crippen LogP contribution in [0.5, 0.6) is 6.01 Å². The SMILES string of the molecule is CCCCNC(=O)c1c[nH]c([O])n1. The van der Waals surface area contributed by atoms with Gasteiger partial charge in [-0.25, -0.2) is 5.11 Å². The fraction of sp³-hybridized carbons (Fsp3) is 0.500. The van der Waals surface area contributed by atoms with Crippen molar-refractivity contribution in [2.75, 3.05) is 6.54 Å². The number of nitrogens with one attached hydrogen (secondary N) is 2. The quantitative estimate of drug-likeness (QED) is 0.683. The summed E-state index contributed by atoms with van der Waals surface area (Å²) in [5, 5.41) is 13.2. The predicted molar refractivity (Wildman–Crippen MR) is 46.0 cm³/mol. The van der Waals surface area contributed by atoms with Crippen LogP contribution in [0.25, 0.3) is 0 Å². The summed E-state index contributed by atoms with van der Waals surface area (Å²) < 4.78 is 0. The number of H-pyrrole nitrogens is 1. The minimum absolute atomic E-state index is 0.154. The van der Waals surface area contributed by atoms with Crippen molar-refractivity contribution in [3.05, 3.63) is 11.9 Å². The van der Waals surface area contributed by atoms with Gasteiger partial charge in [-0.05, 0) is 6.42 Å². The second-order valence-electron chi connectivity index (χ2n) is 2.70. The lowest BCUT2D eigenvalue weighted by Gasteiger charge is -1.99. The van der Waals surface area contributed by atoms with E-state index in [9.17, 15) is 9.90 Å². The molecule has 0 spiro atoms. The largest absolute Gasteiger partial charge is 0.351 e. The van der Waals surface area contributed by atoms with Gasteiger partial charge in [0.15, 0.2) is 0 Å². The molecule has 0 fully saturated rings. The highest BCUT2D eigenvalue weighted by molar-refractivity contribution is 5.92. The minimum atomic E-state index is -0.486. The summed E-state index contributed by atoms with van der Waals surface area (Å²) in [4.78, 5) is 17.0. The molecule has 0 saturated heterocycles. The Morgan fingerprint density at radius 3 is 3.00 bits per heavy atom. The maximum atomic E-state index is 11.2. The Labute approximate surface area is 76.2 Å². The minimum Gasteiger partial charge on any atom is -0.351 e. The smallest absolute Gasteiger partial charge is 0.345 e. The molecule has 5 nitrogen and oxygen atoms in total. The third kappa shape index (κ3) is 2.77. The number of amides is 1. The number of nitrogens with zero attached hydrogens (tertiary/aromatic N) is 1. The van der Waals surface area contributed by atoms with E-state index in [0.29, 0.717) is 6.54 Å². The van der Waals surface area contributed by atoms with E-state index in [2.05, 4.69) is 15.3 Å². The normalized spacial score (nSPS) is 9.92. The monoisotopic (exact) mass is 182 g/mol. The molecular weight excluding hydrogens is 170 g/mol. The fourth-order valence-electron chi connectivity index (χ4n) is 0.890. The maximum absolute atomic E-state index is 11.2. The zero-order chi connectivity index (χ0) is 9.68. The van der Waals surface area contributed by atoms with Gasteiger partial charge in [-0.2, -0.15) is 4.98 Å². The molecule has 0 unspecified atom stereocenters. The van der Waals surface area contributed by atoms with Crippen LogP contribution >= 0.6 is 0 Å². The first-order valence-corrected chi connectivity index (χ1v) is 4.24. The Kier molecular flexibility index (Phi) is 3.31. The van der Waals surface area contributed by atoms with E-state index < -0.39 is 6.01 Å². The Bertz CT molecular complexity index is 283. The first-order chi connectivity index (χ1) is 6.24. The van der Waals surface area contributed by atoms with Gasteiger partial charge in [-0.1, -0.05) is 13.3 Å². The molecule has 0 atom stereocenters. The summed E-state index contributed by atoms with van der Waals surface area (Å²) in [6.45, 7) is 2.66. The van der Waals surface area contributed by atoms with Crippen LogP contribution in [0.2, 0.25) is 0 Å². The summed E-state index contributed by atoms with van der Waals surface area (Å²) in [7, 11) is 0. The van der Waals surface area contributed by atoms with E-state index in [1.165, 1.54) is 6.20 Å². The molecule has 1 heterocycles. The Morgan fingerprint density at radius 1 is 1.69 bits per heavy atom. The molecule has 2 N–H and O–H groups in total. The van der Waals surface area contributed by atoms with Crippen LogP contribution in [-0.4, -0.2) is 22.4 Å². The molecule has 0 saturated carbocycles. The Morgan fingerprint density at radius 2 is 2.46 bits per heavy atom.